The van der Waals surface area contributed by atoms with Crippen LogP contribution in [0, 0.1) is 0 Å². The van der Waals surface area contributed by atoms with Crippen molar-refractivity contribution in [2.75, 3.05) is 13.1 Å². The van der Waals surface area contributed by atoms with Gasteiger partial charge < -0.3 is 44.9 Å². The van der Waals surface area contributed by atoms with Gasteiger partial charge in [-0.3, -0.25) is 9.59 Å². The van der Waals surface area contributed by atoms with Gasteiger partial charge in [-0.15, -0.1) is 0 Å². The van der Waals surface area contributed by atoms with Gasteiger partial charge in [-0.25, -0.2) is 0 Å². The third-order valence-corrected chi connectivity index (χ3v) is 5.40. The van der Waals surface area contributed by atoms with Gasteiger partial charge in [0.15, 0.2) is 0 Å². The maximum atomic E-state index is 12.1. The average Bonchev–Trinajstić information content (AvgIpc) is 2.66. The molecule has 0 aromatic carbocycles. The van der Waals surface area contributed by atoms with Gasteiger partial charge in [-0.05, 0) is 65.2 Å². The molecule has 29 heavy (non-hydrogen) atoms. The van der Waals surface area contributed by atoms with Crippen molar-refractivity contribution in [3.63, 3.8) is 0 Å². The van der Waals surface area contributed by atoms with Crippen LogP contribution in [0.15, 0.2) is 0 Å². The van der Waals surface area contributed by atoms with Crippen LogP contribution in [0.5, 0.6) is 0 Å². The molecule has 6 nitrogen and oxygen atoms in total. The zero-order valence-electron chi connectivity index (χ0n) is 17.5. The zero-order valence-corrected chi connectivity index (χ0v) is 20.6. The van der Waals surface area contributed by atoms with E-state index in [1.165, 1.54) is 12.8 Å². The second-order valence-corrected chi connectivity index (χ2v) is 7.75. The molecule has 0 aromatic heterocycles. The molecule has 0 heterocycles. The number of carbonyl (C=O) groups is 2. The molecule has 2 N–H and O–H groups in total. The van der Waals surface area contributed by atoms with E-state index in [1.807, 2.05) is 13.8 Å². The molecule has 0 bridgehead atoms. The van der Waals surface area contributed by atoms with E-state index in [0.29, 0.717) is 13.1 Å². The van der Waals surface area contributed by atoms with Crippen molar-refractivity contribution >= 4 is 11.9 Å². The van der Waals surface area contributed by atoms with E-state index in [1.54, 1.807) is 0 Å². The maximum absolute atomic E-state index is 12.1. The summed E-state index contributed by atoms with van der Waals surface area (Å²) in [7, 11) is 0. The van der Waals surface area contributed by atoms with Gasteiger partial charge in [0, 0.05) is 13.1 Å². The topological polar surface area (TPSA) is 76.7 Å². The Morgan fingerprint density at radius 3 is 1.34 bits per heavy atom. The van der Waals surface area contributed by atoms with Crippen molar-refractivity contribution in [2.45, 2.75) is 102 Å². The van der Waals surface area contributed by atoms with Crippen LogP contribution in [-0.2, 0) is 39.5 Å². The first-order chi connectivity index (χ1) is 12.6. The van der Waals surface area contributed by atoms with E-state index >= 15 is 0 Å². The molecule has 9 heteroatoms. The monoisotopic (exact) mass is 544 g/mol. The first kappa shape index (κ1) is 31.3. The normalized spacial score (nSPS) is 19.5. The summed E-state index contributed by atoms with van der Waals surface area (Å²) < 4.78 is 11.1. The number of hydrogen-bond acceptors (Lipinski definition) is 6. The van der Waals surface area contributed by atoms with E-state index in [9.17, 15) is 9.59 Å². The summed E-state index contributed by atoms with van der Waals surface area (Å²) in [4.78, 5) is 24.2. The summed E-state index contributed by atoms with van der Waals surface area (Å²) in [6.07, 6.45) is 11.2. The third kappa shape index (κ3) is 12.5. The molecule has 0 unspecified atom stereocenters. The first-order valence-electron chi connectivity index (χ1n) is 10.4. The average molecular weight is 546 g/mol. The molecule has 0 amide bonds. The van der Waals surface area contributed by atoms with Gasteiger partial charge >= 0.3 is 32.4 Å². The van der Waals surface area contributed by atoms with E-state index in [0.717, 1.165) is 51.4 Å². The predicted octanol–water partition coefficient (Wildman–Crippen LogP) is -3.30. The fourth-order valence-electron chi connectivity index (χ4n) is 3.64. The fraction of sp³-hybridized carbons (Fsp3) is 0.900. The number of esters is 2. The Morgan fingerprint density at radius 1 is 0.724 bits per heavy atom. The van der Waals surface area contributed by atoms with Crippen LogP contribution < -0.4 is 35.4 Å². The molecule has 2 aliphatic carbocycles. The minimum absolute atomic E-state index is 0. The van der Waals surface area contributed by atoms with Crippen molar-refractivity contribution in [3.05, 3.63) is 0 Å². The summed E-state index contributed by atoms with van der Waals surface area (Å²) >= 11 is 0. The molecule has 0 aromatic rings. The van der Waals surface area contributed by atoms with Gasteiger partial charge in [0.05, 0.1) is 0 Å². The summed E-state index contributed by atoms with van der Waals surface area (Å²) in [5.74, 6) is -0.358. The molecular formula is C20H36Cl2N2O4Pd. The largest absolute Gasteiger partial charge is 2.00 e. The second-order valence-electron chi connectivity index (χ2n) is 7.75. The van der Waals surface area contributed by atoms with Gasteiger partial charge in [0.1, 0.15) is 24.3 Å². The van der Waals surface area contributed by atoms with E-state index in [2.05, 4.69) is 10.6 Å². The minimum atomic E-state index is -0.330. The van der Waals surface area contributed by atoms with Crippen LogP contribution in [0.25, 0.3) is 0 Å². The van der Waals surface area contributed by atoms with Crippen molar-refractivity contribution in [2.24, 2.45) is 0 Å². The molecule has 2 rings (SSSR count). The van der Waals surface area contributed by atoms with Crippen molar-refractivity contribution in [1.29, 1.82) is 0 Å². The smallest absolute Gasteiger partial charge is 1.00 e. The summed E-state index contributed by atoms with van der Waals surface area (Å²) in [5, 5.41) is 6.32. The number of ether oxygens (including phenoxy) is 2. The molecule has 0 radical (unpaired) electrons. The quantitative estimate of drug-likeness (QED) is 0.180. The second kappa shape index (κ2) is 17.7. The van der Waals surface area contributed by atoms with Crippen molar-refractivity contribution in [3.8, 4) is 0 Å². The van der Waals surface area contributed by atoms with Crippen LogP contribution in [-0.4, -0.2) is 49.3 Å². The number of rotatable bonds is 9. The Labute approximate surface area is 201 Å². The zero-order chi connectivity index (χ0) is 18.8. The Bertz CT molecular complexity index is 408. The van der Waals surface area contributed by atoms with Crippen LogP contribution in [0.1, 0.15) is 78.1 Å². The SMILES string of the molecule is C[C@H](NCCN[C@@H](C)C(=O)OC1CCCCC1)C(=O)OC1CCCCC1.[Cl-].[Cl-].[Pd+2]. The Morgan fingerprint density at radius 2 is 1.03 bits per heavy atom. The van der Waals surface area contributed by atoms with Crippen LogP contribution in [0.3, 0.4) is 0 Å². The molecule has 2 saturated carbocycles. The summed E-state index contributed by atoms with van der Waals surface area (Å²) in [6.45, 7) is 4.85. The van der Waals surface area contributed by atoms with Gasteiger partial charge in [-0.1, -0.05) is 12.8 Å². The van der Waals surface area contributed by atoms with Crippen molar-refractivity contribution < 1.29 is 64.3 Å². The van der Waals surface area contributed by atoms with Gasteiger partial charge in [-0.2, -0.15) is 0 Å². The Kier molecular flexibility index (Phi) is 19.2. The fourth-order valence-corrected chi connectivity index (χ4v) is 3.64. The van der Waals surface area contributed by atoms with Crippen LogP contribution in [0.2, 0.25) is 0 Å². The number of halogens is 2. The van der Waals surface area contributed by atoms with Gasteiger partial charge in [0.2, 0.25) is 0 Å². The minimum Gasteiger partial charge on any atom is -1.00 e. The molecule has 174 valence electrons. The number of carbonyl (C=O) groups excluding carboxylic acids is 2. The molecule has 2 fully saturated rings. The maximum Gasteiger partial charge on any atom is 2.00 e. The molecule has 0 aliphatic heterocycles. The Balaban J connectivity index is 0. The molecule has 0 spiro atoms. The van der Waals surface area contributed by atoms with Crippen LogP contribution in [0.4, 0.5) is 0 Å². The van der Waals surface area contributed by atoms with E-state index in [4.69, 9.17) is 9.47 Å². The first-order valence-corrected chi connectivity index (χ1v) is 10.4. The summed E-state index contributed by atoms with van der Waals surface area (Å²) in [6, 6.07) is -0.661. The standard InChI is InChI=1S/C20H36N2O4.2ClH.Pd/c1-15(19(23)25-17-9-5-3-6-10-17)21-13-14-22-16(2)20(24)26-18-11-7-4-8-12-18;;;/h15-18,21-22H,3-14H2,1-2H3;2*1H;/q;;;+2/p-2/t15-,16-;;;/m0.../s1. The molecule has 0 saturated heterocycles. The van der Waals surface area contributed by atoms with E-state index in [-0.39, 0.29) is 81.5 Å². The van der Waals surface area contributed by atoms with E-state index < -0.39 is 0 Å². The summed E-state index contributed by atoms with van der Waals surface area (Å²) in [5.41, 5.74) is 0. The predicted molar refractivity (Wildman–Crippen MR) is 101 cm³/mol. The number of hydrogen-bond donors (Lipinski definition) is 2. The Hall–Kier alpha value is 0.102. The van der Waals surface area contributed by atoms with Gasteiger partial charge in [0.25, 0.3) is 0 Å². The molecule has 2 atom stereocenters. The molecule has 2 aliphatic rings. The van der Waals surface area contributed by atoms with Crippen LogP contribution >= 0.6 is 0 Å². The van der Waals surface area contributed by atoms with Crippen molar-refractivity contribution in [1.82, 2.24) is 10.6 Å². The third-order valence-electron chi connectivity index (χ3n) is 5.40. The number of nitrogens with one attached hydrogen (secondary N) is 2. The molecular weight excluding hydrogens is 510 g/mol.